The van der Waals surface area contributed by atoms with Crippen LogP contribution < -0.4 is 10.1 Å². The Morgan fingerprint density at radius 1 is 1.43 bits per heavy atom. The van der Waals surface area contributed by atoms with E-state index < -0.39 is 11.0 Å². The minimum absolute atomic E-state index is 0.0525. The first-order valence-electron chi connectivity index (χ1n) is 7.06. The van der Waals surface area contributed by atoms with E-state index in [-0.39, 0.29) is 23.6 Å². The quantitative estimate of drug-likeness (QED) is 0.597. The molecule has 2 N–H and O–H groups in total. The molecule has 1 atom stereocenters. The molecule has 0 amide bonds. The van der Waals surface area contributed by atoms with Crippen LogP contribution in [0.1, 0.15) is 39.7 Å². The fourth-order valence-electron chi connectivity index (χ4n) is 1.61. The summed E-state index contributed by atoms with van der Waals surface area (Å²) in [7, 11) is 0. The van der Waals surface area contributed by atoms with Crippen molar-refractivity contribution in [1.29, 1.82) is 0 Å². The van der Waals surface area contributed by atoms with E-state index in [0.29, 0.717) is 13.0 Å². The summed E-state index contributed by atoms with van der Waals surface area (Å²) < 4.78 is 5.34. The lowest BCUT2D eigenvalue weighted by Gasteiger charge is -2.20. The maximum atomic E-state index is 11.1. The molecule has 0 saturated heterocycles. The SMILES string of the molecule is CCC(O)COc1ccc(CNC(C)(C)C)cc1[N+](=O)[O-]. The minimum Gasteiger partial charge on any atom is -0.484 e. The van der Waals surface area contributed by atoms with Gasteiger partial charge in [0.2, 0.25) is 0 Å². The summed E-state index contributed by atoms with van der Waals surface area (Å²) in [5.74, 6) is 0.187. The maximum absolute atomic E-state index is 11.1. The molecule has 0 radical (unpaired) electrons. The van der Waals surface area contributed by atoms with Crippen LogP contribution in [0.4, 0.5) is 5.69 Å². The molecule has 0 aromatic heterocycles. The van der Waals surface area contributed by atoms with Crippen molar-refractivity contribution < 1.29 is 14.8 Å². The zero-order valence-electron chi connectivity index (χ0n) is 13.0. The van der Waals surface area contributed by atoms with Gasteiger partial charge >= 0.3 is 5.69 Å². The molecule has 0 spiro atoms. The highest BCUT2D eigenvalue weighted by atomic mass is 16.6. The zero-order valence-corrected chi connectivity index (χ0v) is 13.0. The molecule has 118 valence electrons. The van der Waals surface area contributed by atoms with Gasteiger partial charge in [-0.15, -0.1) is 0 Å². The number of ether oxygens (including phenoxy) is 1. The first kappa shape index (κ1) is 17.4. The van der Waals surface area contributed by atoms with Crippen molar-refractivity contribution in [2.75, 3.05) is 6.61 Å². The number of aliphatic hydroxyl groups is 1. The molecule has 0 aliphatic carbocycles. The molecule has 6 nitrogen and oxygen atoms in total. The molecule has 21 heavy (non-hydrogen) atoms. The Kier molecular flexibility index (Phi) is 6.11. The van der Waals surface area contributed by atoms with Crippen LogP contribution in [-0.2, 0) is 6.54 Å². The van der Waals surface area contributed by atoms with E-state index in [0.717, 1.165) is 5.56 Å². The van der Waals surface area contributed by atoms with Crippen LogP contribution in [0.3, 0.4) is 0 Å². The Balaban J connectivity index is 2.84. The molecule has 0 fully saturated rings. The molecular weight excluding hydrogens is 272 g/mol. The average Bonchev–Trinajstić information content (AvgIpc) is 2.41. The van der Waals surface area contributed by atoms with Crippen molar-refractivity contribution in [3.63, 3.8) is 0 Å². The summed E-state index contributed by atoms with van der Waals surface area (Å²) in [4.78, 5) is 10.7. The van der Waals surface area contributed by atoms with E-state index in [1.54, 1.807) is 12.1 Å². The molecule has 1 aromatic rings. The van der Waals surface area contributed by atoms with Crippen molar-refractivity contribution in [3.05, 3.63) is 33.9 Å². The fraction of sp³-hybridized carbons (Fsp3) is 0.600. The van der Waals surface area contributed by atoms with Gasteiger partial charge in [-0.05, 0) is 38.8 Å². The molecule has 0 saturated carbocycles. The third-order valence-corrected chi connectivity index (χ3v) is 2.95. The van der Waals surface area contributed by atoms with Crippen molar-refractivity contribution in [1.82, 2.24) is 5.32 Å². The van der Waals surface area contributed by atoms with Crippen LogP contribution in [0.25, 0.3) is 0 Å². The van der Waals surface area contributed by atoms with Crippen molar-refractivity contribution in [3.8, 4) is 5.75 Å². The molecule has 0 aliphatic heterocycles. The number of aliphatic hydroxyl groups excluding tert-OH is 1. The normalized spacial score (nSPS) is 13.0. The fourth-order valence-corrected chi connectivity index (χ4v) is 1.61. The number of hydrogen-bond donors (Lipinski definition) is 2. The lowest BCUT2D eigenvalue weighted by molar-refractivity contribution is -0.386. The zero-order chi connectivity index (χ0) is 16.0. The number of hydrogen-bond acceptors (Lipinski definition) is 5. The predicted octanol–water partition coefficient (Wildman–Crippen LogP) is 2.63. The second-order valence-corrected chi connectivity index (χ2v) is 6.04. The van der Waals surface area contributed by atoms with Gasteiger partial charge in [0, 0.05) is 18.2 Å². The van der Waals surface area contributed by atoms with Gasteiger partial charge < -0.3 is 15.2 Å². The number of nitro benzene ring substituents is 1. The third-order valence-electron chi connectivity index (χ3n) is 2.95. The number of benzene rings is 1. The minimum atomic E-state index is -0.619. The second kappa shape index (κ2) is 7.38. The standard InChI is InChI=1S/C15H24N2O4/c1-5-12(18)10-21-14-7-6-11(8-13(14)17(19)20)9-16-15(2,3)4/h6-8,12,16,18H,5,9-10H2,1-4H3. The number of nitrogens with one attached hydrogen (secondary N) is 1. The Labute approximate surface area is 125 Å². The van der Waals surface area contributed by atoms with E-state index in [2.05, 4.69) is 5.32 Å². The monoisotopic (exact) mass is 296 g/mol. The lowest BCUT2D eigenvalue weighted by atomic mass is 10.1. The molecule has 0 bridgehead atoms. The topological polar surface area (TPSA) is 84.6 Å². The summed E-state index contributed by atoms with van der Waals surface area (Å²) in [6, 6.07) is 4.88. The first-order chi connectivity index (χ1) is 9.73. The lowest BCUT2D eigenvalue weighted by Crippen LogP contribution is -2.35. The number of rotatable bonds is 7. The van der Waals surface area contributed by atoms with Gasteiger partial charge in [-0.2, -0.15) is 0 Å². The van der Waals surface area contributed by atoms with Gasteiger partial charge in [-0.1, -0.05) is 13.0 Å². The van der Waals surface area contributed by atoms with Crippen LogP contribution in [-0.4, -0.2) is 28.3 Å². The van der Waals surface area contributed by atoms with Crippen LogP contribution in [0, 0.1) is 10.1 Å². The third kappa shape index (κ3) is 6.10. The Hall–Kier alpha value is -1.66. The van der Waals surface area contributed by atoms with Crippen molar-refractivity contribution >= 4 is 5.69 Å². The van der Waals surface area contributed by atoms with E-state index in [1.165, 1.54) is 6.07 Å². The van der Waals surface area contributed by atoms with Crippen LogP contribution in [0.2, 0.25) is 0 Å². The maximum Gasteiger partial charge on any atom is 0.311 e. The summed E-state index contributed by atoms with van der Waals surface area (Å²) in [5.41, 5.74) is 0.682. The predicted molar refractivity (Wildman–Crippen MR) is 81.5 cm³/mol. The largest absolute Gasteiger partial charge is 0.484 e. The molecule has 1 unspecified atom stereocenters. The average molecular weight is 296 g/mol. The van der Waals surface area contributed by atoms with Gasteiger partial charge in [-0.25, -0.2) is 0 Å². The van der Waals surface area contributed by atoms with Crippen LogP contribution in [0.5, 0.6) is 5.75 Å². The van der Waals surface area contributed by atoms with Gasteiger partial charge in [0.05, 0.1) is 11.0 Å². The highest BCUT2D eigenvalue weighted by Gasteiger charge is 2.18. The number of nitrogens with zero attached hydrogens (tertiary/aromatic N) is 1. The van der Waals surface area contributed by atoms with Gasteiger partial charge in [0.1, 0.15) is 6.61 Å². The van der Waals surface area contributed by atoms with Crippen LogP contribution in [0.15, 0.2) is 18.2 Å². The highest BCUT2D eigenvalue weighted by Crippen LogP contribution is 2.28. The molecule has 6 heteroatoms. The smallest absolute Gasteiger partial charge is 0.311 e. The molecule has 0 aliphatic rings. The summed E-state index contributed by atoms with van der Waals surface area (Å²) in [6.07, 6.45) is -0.0756. The number of nitro groups is 1. The van der Waals surface area contributed by atoms with Crippen LogP contribution >= 0.6 is 0 Å². The molecule has 1 rings (SSSR count). The van der Waals surface area contributed by atoms with Crippen molar-refractivity contribution in [2.45, 2.75) is 52.3 Å². The van der Waals surface area contributed by atoms with E-state index >= 15 is 0 Å². The van der Waals surface area contributed by atoms with E-state index in [9.17, 15) is 15.2 Å². The first-order valence-corrected chi connectivity index (χ1v) is 7.06. The van der Waals surface area contributed by atoms with Gasteiger partial charge in [0.25, 0.3) is 0 Å². The van der Waals surface area contributed by atoms with Crippen molar-refractivity contribution in [2.24, 2.45) is 0 Å². The Morgan fingerprint density at radius 3 is 2.62 bits per heavy atom. The Bertz CT molecular complexity index is 483. The van der Waals surface area contributed by atoms with E-state index in [4.69, 9.17) is 4.74 Å². The van der Waals surface area contributed by atoms with E-state index in [1.807, 2.05) is 27.7 Å². The summed E-state index contributed by atoms with van der Waals surface area (Å²) in [6.45, 7) is 8.52. The van der Waals surface area contributed by atoms with Gasteiger partial charge in [-0.3, -0.25) is 10.1 Å². The Morgan fingerprint density at radius 2 is 2.10 bits per heavy atom. The summed E-state index contributed by atoms with van der Waals surface area (Å²) in [5, 5.41) is 23.9. The molecule has 1 aromatic carbocycles. The summed E-state index contributed by atoms with van der Waals surface area (Å²) >= 11 is 0. The second-order valence-electron chi connectivity index (χ2n) is 6.04. The molecular formula is C15H24N2O4. The molecule has 0 heterocycles. The van der Waals surface area contributed by atoms with Gasteiger partial charge in [0.15, 0.2) is 5.75 Å². The highest BCUT2D eigenvalue weighted by molar-refractivity contribution is 5.48.